The highest BCUT2D eigenvalue weighted by Crippen LogP contribution is 1.88. The molecule has 11 heavy (non-hydrogen) atoms. The maximum Gasteiger partial charge on any atom is 0.332 e. The summed E-state index contributed by atoms with van der Waals surface area (Å²) in [6.07, 6.45) is 0. The van der Waals surface area contributed by atoms with Gasteiger partial charge in [-0.15, -0.1) is 0 Å². The van der Waals surface area contributed by atoms with Crippen molar-refractivity contribution >= 4 is 5.97 Å². The molecule has 0 rings (SSSR count). The SMILES string of the molecule is C=C(C)COCC(=O)OCC. The van der Waals surface area contributed by atoms with Crippen molar-refractivity contribution in [2.45, 2.75) is 13.8 Å². The van der Waals surface area contributed by atoms with Crippen LogP contribution in [0.1, 0.15) is 13.8 Å². The lowest BCUT2D eigenvalue weighted by Gasteiger charge is -2.02. The van der Waals surface area contributed by atoms with Crippen LogP contribution in [0.3, 0.4) is 0 Å². The van der Waals surface area contributed by atoms with Gasteiger partial charge in [0.1, 0.15) is 6.61 Å². The van der Waals surface area contributed by atoms with Gasteiger partial charge in [-0.25, -0.2) is 4.79 Å². The van der Waals surface area contributed by atoms with Gasteiger partial charge in [0.2, 0.25) is 0 Å². The van der Waals surface area contributed by atoms with Crippen LogP contribution in [0.5, 0.6) is 0 Å². The highest BCUT2D eigenvalue weighted by atomic mass is 16.6. The zero-order chi connectivity index (χ0) is 8.69. The Balaban J connectivity index is 3.24. The van der Waals surface area contributed by atoms with Crippen molar-refractivity contribution in [2.75, 3.05) is 19.8 Å². The van der Waals surface area contributed by atoms with Gasteiger partial charge < -0.3 is 9.47 Å². The van der Waals surface area contributed by atoms with E-state index in [2.05, 4.69) is 11.3 Å². The molecule has 0 aromatic heterocycles. The Morgan fingerprint density at radius 2 is 2.09 bits per heavy atom. The number of carbonyl (C=O) groups is 1. The van der Waals surface area contributed by atoms with Crippen LogP contribution < -0.4 is 0 Å². The van der Waals surface area contributed by atoms with E-state index in [4.69, 9.17) is 4.74 Å². The van der Waals surface area contributed by atoms with Crippen LogP contribution in [0, 0.1) is 0 Å². The van der Waals surface area contributed by atoms with Crippen LogP contribution in [0.2, 0.25) is 0 Å². The summed E-state index contributed by atoms with van der Waals surface area (Å²) >= 11 is 0. The molecule has 0 aliphatic carbocycles. The molecule has 0 heterocycles. The smallest absolute Gasteiger partial charge is 0.332 e. The van der Waals surface area contributed by atoms with Crippen LogP contribution in [0.4, 0.5) is 0 Å². The fourth-order valence-corrected chi connectivity index (χ4v) is 0.511. The second-order valence-electron chi connectivity index (χ2n) is 2.25. The largest absolute Gasteiger partial charge is 0.464 e. The summed E-state index contributed by atoms with van der Waals surface area (Å²) in [6.45, 7) is 8.05. The van der Waals surface area contributed by atoms with Crippen molar-refractivity contribution in [1.29, 1.82) is 0 Å². The van der Waals surface area contributed by atoms with Gasteiger partial charge in [-0.2, -0.15) is 0 Å². The number of ether oxygens (including phenoxy) is 2. The van der Waals surface area contributed by atoms with Gasteiger partial charge in [0, 0.05) is 0 Å². The molecule has 0 unspecified atom stereocenters. The standard InChI is InChI=1S/C8H14O3/c1-4-11-8(9)6-10-5-7(2)3/h2,4-6H2,1,3H3. The quantitative estimate of drug-likeness (QED) is 0.444. The summed E-state index contributed by atoms with van der Waals surface area (Å²) in [5.41, 5.74) is 0.897. The Morgan fingerprint density at radius 3 is 2.55 bits per heavy atom. The van der Waals surface area contributed by atoms with Gasteiger partial charge in [0.15, 0.2) is 0 Å². The normalized spacial score (nSPS) is 9.27. The van der Waals surface area contributed by atoms with E-state index in [1.165, 1.54) is 0 Å². The van der Waals surface area contributed by atoms with Crippen molar-refractivity contribution in [3.05, 3.63) is 12.2 Å². The second kappa shape index (κ2) is 5.92. The number of esters is 1. The van der Waals surface area contributed by atoms with E-state index >= 15 is 0 Å². The minimum Gasteiger partial charge on any atom is -0.464 e. The van der Waals surface area contributed by atoms with Crippen molar-refractivity contribution < 1.29 is 14.3 Å². The zero-order valence-electron chi connectivity index (χ0n) is 7.05. The van der Waals surface area contributed by atoms with Gasteiger partial charge >= 0.3 is 5.97 Å². The predicted octanol–water partition coefficient (Wildman–Crippen LogP) is 1.14. The van der Waals surface area contributed by atoms with Gasteiger partial charge in [0.25, 0.3) is 0 Å². The molecular weight excluding hydrogens is 144 g/mol. The van der Waals surface area contributed by atoms with Crippen LogP contribution in [-0.2, 0) is 14.3 Å². The predicted molar refractivity (Wildman–Crippen MR) is 42.3 cm³/mol. The van der Waals surface area contributed by atoms with Crippen molar-refractivity contribution in [3.8, 4) is 0 Å². The summed E-state index contributed by atoms with van der Waals surface area (Å²) < 4.78 is 9.57. The summed E-state index contributed by atoms with van der Waals surface area (Å²) in [5, 5.41) is 0. The third-order valence-corrected chi connectivity index (χ3v) is 0.874. The van der Waals surface area contributed by atoms with Crippen molar-refractivity contribution in [2.24, 2.45) is 0 Å². The molecule has 0 radical (unpaired) electrons. The molecule has 0 fully saturated rings. The molecule has 0 aromatic rings. The number of carbonyl (C=O) groups excluding carboxylic acids is 1. The van der Waals surface area contributed by atoms with Crippen LogP contribution in [0.25, 0.3) is 0 Å². The third-order valence-electron chi connectivity index (χ3n) is 0.874. The van der Waals surface area contributed by atoms with Crippen LogP contribution in [0.15, 0.2) is 12.2 Å². The molecule has 3 heteroatoms. The molecular formula is C8H14O3. The lowest BCUT2D eigenvalue weighted by Crippen LogP contribution is -2.12. The van der Waals surface area contributed by atoms with E-state index in [0.29, 0.717) is 13.2 Å². The summed E-state index contributed by atoms with van der Waals surface area (Å²) in [5.74, 6) is -0.325. The molecule has 0 spiro atoms. The monoisotopic (exact) mass is 158 g/mol. The summed E-state index contributed by atoms with van der Waals surface area (Å²) in [4.78, 5) is 10.6. The first-order valence-electron chi connectivity index (χ1n) is 3.54. The molecule has 0 N–H and O–H groups in total. The minimum absolute atomic E-state index is 0.0146. The van der Waals surface area contributed by atoms with Crippen LogP contribution >= 0.6 is 0 Å². The highest BCUT2D eigenvalue weighted by Gasteiger charge is 1.99. The molecule has 3 nitrogen and oxygen atoms in total. The topological polar surface area (TPSA) is 35.5 Å². The fraction of sp³-hybridized carbons (Fsp3) is 0.625. The molecule has 0 saturated heterocycles. The van der Waals surface area contributed by atoms with Gasteiger partial charge in [0.05, 0.1) is 13.2 Å². The number of hydrogen-bond acceptors (Lipinski definition) is 3. The molecule has 0 bridgehead atoms. The van der Waals surface area contributed by atoms with E-state index < -0.39 is 0 Å². The van der Waals surface area contributed by atoms with Gasteiger partial charge in [-0.3, -0.25) is 0 Å². The Bertz CT molecular complexity index is 140. The molecule has 0 aromatic carbocycles. The lowest BCUT2D eigenvalue weighted by molar-refractivity contribution is -0.148. The van der Waals surface area contributed by atoms with Crippen molar-refractivity contribution in [3.63, 3.8) is 0 Å². The first kappa shape index (κ1) is 10.2. The van der Waals surface area contributed by atoms with Crippen LogP contribution in [-0.4, -0.2) is 25.8 Å². The van der Waals surface area contributed by atoms with Crippen molar-refractivity contribution in [1.82, 2.24) is 0 Å². The molecule has 64 valence electrons. The Kier molecular flexibility index (Phi) is 5.47. The molecule has 0 saturated carbocycles. The van der Waals surface area contributed by atoms with Gasteiger partial charge in [-0.05, 0) is 13.8 Å². The van der Waals surface area contributed by atoms with E-state index in [-0.39, 0.29) is 12.6 Å². The number of hydrogen-bond donors (Lipinski definition) is 0. The maximum atomic E-state index is 10.6. The third kappa shape index (κ3) is 7.06. The highest BCUT2D eigenvalue weighted by molar-refractivity contribution is 5.70. The first-order valence-corrected chi connectivity index (χ1v) is 3.54. The second-order valence-corrected chi connectivity index (χ2v) is 2.25. The summed E-state index contributed by atoms with van der Waals surface area (Å²) in [6, 6.07) is 0. The maximum absolute atomic E-state index is 10.6. The zero-order valence-corrected chi connectivity index (χ0v) is 7.05. The van der Waals surface area contributed by atoms with E-state index in [1.54, 1.807) is 6.92 Å². The minimum atomic E-state index is -0.325. The molecule has 0 aliphatic heterocycles. The van der Waals surface area contributed by atoms with E-state index in [0.717, 1.165) is 5.57 Å². The number of rotatable bonds is 5. The fourth-order valence-electron chi connectivity index (χ4n) is 0.511. The van der Waals surface area contributed by atoms with Gasteiger partial charge in [-0.1, -0.05) is 12.2 Å². The first-order chi connectivity index (χ1) is 5.16. The van der Waals surface area contributed by atoms with E-state index in [9.17, 15) is 4.79 Å². The Labute approximate surface area is 67.0 Å². The lowest BCUT2D eigenvalue weighted by atomic mass is 10.4. The average Bonchev–Trinajstić information content (AvgIpc) is 1.87. The molecule has 0 aliphatic rings. The molecule has 0 atom stereocenters. The average molecular weight is 158 g/mol. The summed E-state index contributed by atoms with van der Waals surface area (Å²) in [7, 11) is 0. The van der Waals surface area contributed by atoms with E-state index in [1.807, 2.05) is 6.92 Å². The Hall–Kier alpha value is -0.830. The Morgan fingerprint density at radius 1 is 1.45 bits per heavy atom. The molecule has 0 amide bonds.